The van der Waals surface area contributed by atoms with Gasteiger partial charge in [0.1, 0.15) is 0 Å². The molecule has 0 atom stereocenters. The van der Waals surface area contributed by atoms with Gasteiger partial charge < -0.3 is 0 Å². The van der Waals surface area contributed by atoms with Crippen molar-refractivity contribution in [3.8, 4) is 0 Å². The van der Waals surface area contributed by atoms with E-state index < -0.39 is 0 Å². The van der Waals surface area contributed by atoms with E-state index >= 15 is 0 Å². The van der Waals surface area contributed by atoms with E-state index in [2.05, 4.69) is 61.7 Å². The van der Waals surface area contributed by atoms with Crippen molar-refractivity contribution >= 4 is 39.3 Å². The van der Waals surface area contributed by atoms with Gasteiger partial charge in [0.25, 0.3) is 0 Å². The summed E-state index contributed by atoms with van der Waals surface area (Å²) in [6.07, 6.45) is 1.83. The molecule has 1 aliphatic rings. The van der Waals surface area contributed by atoms with Crippen LogP contribution in [-0.2, 0) is 17.1 Å². The molecule has 2 aromatic carbocycles. The summed E-state index contributed by atoms with van der Waals surface area (Å²) in [5, 5.41) is 4.34. The number of halogens is 1. The molecule has 27 heavy (non-hydrogen) atoms. The van der Waals surface area contributed by atoms with E-state index in [1.54, 1.807) is 11.8 Å². The first-order valence-electron chi connectivity index (χ1n) is 9.12. The van der Waals surface area contributed by atoms with E-state index in [1.807, 2.05) is 24.3 Å². The summed E-state index contributed by atoms with van der Waals surface area (Å²) >= 11 is 5.13. The number of hydrazone groups is 1. The van der Waals surface area contributed by atoms with Gasteiger partial charge in [0, 0.05) is 48.4 Å². The number of hydrogen-bond donors (Lipinski definition) is 1. The number of carbonyl (C=O) groups is 1. The number of nitrogens with one attached hydrogen (secondary N) is 1. The van der Waals surface area contributed by atoms with Gasteiger partial charge in [-0.15, -0.1) is 11.8 Å². The van der Waals surface area contributed by atoms with Crippen LogP contribution in [0.25, 0.3) is 0 Å². The molecule has 1 aliphatic heterocycles. The Balaban J connectivity index is 1.35. The highest BCUT2D eigenvalue weighted by Crippen LogP contribution is 2.21. The summed E-state index contributed by atoms with van der Waals surface area (Å²) in [6.45, 7) is 2.95. The minimum Gasteiger partial charge on any atom is -0.298 e. The van der Waals surface area contributed by atoms with Crippen LogP contribution in [0.5, 0.6) is 0 Å². The SMILES string of the molecule is O=C(CSCc1ccccc1Br)NN=C1CCN(Cc2ccccc2)CC1. The Kier molecular flexibility index (Phi) is 7.93. The zero-order chi connectivity index (χ0) is 18.9. The molecule has 4 nitrogen and oxygen atoms in total. The third kappa shape index (κ3) is 6.79. The predicted molar refractivity (Wildman–Crippen MR) is 117 cm³/mol. The van der Waals surface area contributed by atoms with Gasteiger partial charge in [-0.1, -0.05) is 64.5 Å². The van der Waals surface area contributed by atoms with Gasteiger partial charge in [-0.25, -0.2) is 5.43 Å². The maximum Gasteiger partial charge on any atom is 0.250 e. The molecular weight excluding hydrogens is 422 g/mol. The van der Waals surface area contributed by atoms with Crippen molar-refractivity contribution in [2.75, 3.05) is 18.8 Å². The Morgan fingerprint density at radius 1 is 1.07 bits per heavy atom. The van der Waals surface area contributed by atoms with Crippen molar-refractivity contribution in [1.29, 1.82) is 0 Å². The summed E-state index contributed by atoms with van der Waals surface area (Å²) < 4.78 is 1.08. The Hall–Kier alpha value is -1.63. The number of nitrogens with zero attached hydrogens (tertiary/aromatic N) is 2. The molecule has 0 spiro atoms. The van der Waals surface area contributed by atoms with Crippen molar-refractivity contribution in [3.05, 3.63) is 70.2 Å². The number of rotatable bonds is 7. The number of piperidine rings is 1. The van der Waals surface area contributed by atoms with E-state index in [-0.39, 0.29) is 5.91 Å². The van der Waals surface area contributed by atoms with E-state index in [0.717, 1.165) is 48.4 Å². The maximum atomic E-state index is 12.0. The van der Waals surface area contributed by atoms with Crippen LogP contribution in [0.2, 0.25) is 0 Å². The van der Waals surface area contributed by atoms with E-state index in [0.29, 0.717) is 5.75 Å². The van der Waals surface area contributed by atoms with Crippen LogP contribution >= 0.6 is 27.7 Å². The number of amides is 1. The molecule has 2 aromatic rings. The topological polar surface area (TPSA) is 44.7 Å². The second-order valence-electron chi connectivity index (χ2n) is 6.56. The number of likely N-dealkylation sites (tertiary alicyclic amines) is 1. The monoisotopic (exact) mass is 445 g/mol. The normalized spacial score (nSPS) is 14.8. The van der Waals surface area contributed by atoms with Crippen molar-refractivity contribution in [2.24, 2.45) is 5.10 Å². The van der Waals surface area contributed by atoms with Crippen molar-refractivity contribution in [1.82, 2.24) is 10.3 Å². The Morgan fingerprint density at radius 2 is 1.78 bits per heavy atom. The van der Waals surface area contributed by atoms with E-state index in [4.69, 9.17) is 0 Å². The van der Waals surface area contributed by atoms with Crippen molar-refractivity contribution in [2.45, 2.75) is 25.1 Å². The molecule has 1 amide bonds. The Morgan fingerprint density at radius 3 is 2.52 bits per heavy atom. The zero-order valence-electron chi connectivity index (χ0n) is 15.2. The Bertz CT molecular complexity index is 772. The van der Waals surface area contributed by atoms with Crippen molar-refractivity contribution < 1.29 is 4.79 Å². The summed E-state index contributed by atoms with van der Waals surface area (Å²) in [6, 6.07) is 18.6. The molecular formula is C21H24BrN3OS. The van der Waals surface area contributed by atoms with Crippen LogP contribution in [0, 0.1) is 0 Å². The number of benzene rings is 2. The zero-order valence-corrected chi connectivity index (χ0v) is 17.6. The first-order chi connectivity index (χ1) is 13.2. The van der Waals surface area contributed by atoms with Crippen LogP contribution in [0.3, 0.4) is 0 Å². The van der Waals surface area contributed by atoms with Crippen LogP contribution in [-0.4, -0.2) is 35.4 Å². The molecule has 1 N–H and O–H groups in total. The number of carbonyl (C=O) groups excluding carboxylic acids is 1. The minimum absolute atomic E-state index is 0.0359. The lowest BCUT2D eigenvalue weighted by Gasteiger charge is -2.27. The van der Waals surface area contributed by atoms with Gasteiger partial charge in [-0.3, -0.25) is 9.69 Å². The lowest BCUT2D eigenvalue weighted by molar-refractivity contribution is -0.118. The van der Waals surface area contributed by atoms with Gasteiger partial charge in [-0.2, -0.15) is 5.10 Å². The first-order valence-corrected chi connectivity index (χ1v) is 11.1. The average Bonchev–Trinajstić information content (AvgIpc) is 2.70. The van der Waals surface area contributed by atoms with E-state index in [1.165, 1.54) is 11.1 Å². The fraction of sp³-hybridized carbons (Fsp3) is 0.333. The lowest BCUT2D eigenvalue weighted by Crippen LogP contribution is -2.34. The predicted octanol–water partition coefficient (Wildman–Crippen LogP) is 4.45. The Labute approximate surface area is 173 Å². The van der Waals surface area contributed by atoms with Crippen LogP contribution in [0.15, 0.2) is 64.2 Å². The van der Waals surface area contributed by atoms with Gasteiger partial charge in [-0.05, 0) is 17.2 Å². The molecule has 1 fully saturated rings. The molecule has 0 aliphatic carbocycles. The number of hydrogen-bond acceptors (Lipinski definition) is 4. The molecule has 0 saturated carbocycles. The molecule has 1 heterocycles. The highest BCUT2D eigenvalue weighted by Gasteiger charge is 2.15. The van der Waals surface area contributed by atoms with Crippen LogP contribution in [0.1, 0.15) is 24.0 Å². The molecule has 6 heteroatoms. The van der Waals surface area contributed by atoms with E-state index in [9.17, 15) is 4.79 Å². The molecule has 142 valence electrons. The molecule has 0 unspecified atom stereocenters. The van der Waals surface area contributed by atoms with Gasteiger partial charge in [0.15, 0.2) is 0 Å². The number of thioether (sulfide) groups is 1. The fourth-order valence-corrected chi connectivity index (χ4v) is 4.40. The molecule has 1 saturated heterocycles. The summed E-state index contributed by atoms with van der Waals surface area (Å²) in [4.78, 5) is 14.4. The van der Waals surface area contributed by atoms with Crippen LogP contribution < -0.4 is 5.43 Å². The smallest absolute Gasteiger partial charge is 0.250 e. The quantitative estimate of drug-likeness (QED) is 0.640. The summed E-state index contributed by atoms with van der Waals surface area (Å²) in [5.74, 6) is 1.18. The third-order valence-electron chi connectivity index (χ3n) is 4.47. The summed E-state index contributed by atoms with van der Waals surface area (Å²) in [7, 11) is 0. The molecule has 3 rings (SSSR count). The van der Waals surface area contributed by atoms with Gasteiger partial charge >= 0.3 is 0 Å². The second-order valence-corrected chi connectivity index (χ2v) is 8.40. The van der Waals surface area contributed by atoms with Gasteiger partial charge in [0.2, 0.25) is 5.91 Å². The molecule has 0 bridgehead atoms. The lowest BCUT2D eigenvalue weighted by atomic mass is 10.1. The fourth-order valence-electron chi connectivity index (χ4n) is 2.97. The van der Waals surface area contributed by atoms with Crippen LogP contribution in [0.4, 0.5) is 0 Å². The summed E-state index contributed by atoms with van der Waals surface area (Å²) in [5.41, 5.74) is 6.34. The first kappa shape index (κ1) is 20.1. The highest BCUT2D eigenvalue weighted by molar-refractivity contribution is 9.10. The maximum absolute atomic E-state index is 12.0. The molecule has 0 radical (unpaired) electrons. The highest BCUT2D eigenvalue weighted by atomic mass is 79.9. The largest absolute Gasteiger partial charge is 0.298 e. The second kappa shape index (κ2) is 10.6. The minimum atomic E-state index is -0.0359. The van der Waals surface area contributed by atoms with Crippen molar-refractivity contribution in [3.63, 3.8) is 0 Å². The van der Waals surface area contributed by atoms with Gasteiger partial charge in [0.05, 0.1) is 5.75 Å². The standard InChI is InChI=1S/C21H24BrN3OS/c22-20-9-5-4-8-18(20)15-27-16-21(26)24-23-19-10-12-25(13-11-19)14-17-6-2-1-3-7-17/h1-9H,10-16H2,(H,24,26). The molecule has 0 aromatic heterocycles. The average molecular weight is 446 g/mol. The third-order valence-corrected chi connectivity index (χ3v) is 6.22.